The topological polar surface area (TPSA) is 41.5 Å². The average Bonchev–Trinajstić information content (AvgIpc) is 2.60. The number of ether oxygens (including phenoxy) is 1. The molecular formula is C19H28N4O. The molecule has 0 aliphatic carbocycles. The van der Waals surface area contributed by atoms with E-state index in [1.54, 1.807) is 7.11 Å². The van der Waals surface area contributed by atoms with Crippen LogP contribution in [0.5, 0.6) is 5.75 Å². The number of hydrogen-bond donors (Lipinski definition) is 0. The van der Waals surface area contributed by atoms with Crippen LogP contribution in [0.15, 0.2) is 18.2 Å². The predicted octanol–water partition coefficient (Wildman–Crippen LogP) is 3.26. The normalized spacial score (nSPS) is 18.8. The first-order valence-electron chi connectivity index (χ1n) is 8.86. The van der Waals surface area contributed by atoms with Crippen molar-refractivity contribution in [3.63, 3.8) is 0 Å². The lowest BCUT2D eigenvalue weighted by Gasteiger charge is -2.34. The van der Waals surface area contributed by atoms with Gasteiger partial charge in [-0.25, -0.2) is 9.97 Å². The third-order valence-electron chi connectivity index (χ3n) is 5.09. The summed E-state index contributed by atoms with van der Waals surface area (Å²) < 4.78 is 5.32. The summed E-state index contributed by atoms with van der Waals surface area (Å²) >= 11 is 0. The van der Waals surface area contributed by atoms with Crippen molar-refractivity contribution < 1.29 is 4.74 Å². The molecule has 2 heterocycles. The minimum Gasteiger partial charge on any atom is -0.497 e. The molecule has 1 atom stereocenters. The zero-order valence-electron chi connectivity index (χ0n) is 15.2. The monoisotopic (exact) mass is 328 g/mol. The molecule has 24 heavy (non-hydrogen) atoms. The van der Waals surface area contributed by atoms with E-state index in [1.165, 1.54) is 25.8 Å². The van der Waals surface area contributed by atoms with Crippen LogP contribution in [-0.2, 0) is 0 Å². The maximum atomic E-state index is 5.32. The standard InChI is InChI=1S/C19H28N4O/c1-14-7-5-6-10-23(14)12-11-22(3)19-20-15(2)17-9-8-16(24-4)13-18(17)21-19/h8-9,13-14H,5-7,10-12H2,1-4H3/t14-/m1/s1. The van der Waals surface area contributed by atoms with E-state index in [-0.39, 0.29) is 0 Å². The highest BCUT2D eigenvalue weighted by Gasteiger charge is 2.18. The number of hydrogen-bond acceptors (Lipinski definition) is 5. The molecule has 0 N–H and O–H groups in total. The highest BCUT2D eigenvalue weighted by atomic mass is 16.5. The van der Waals surface area contributed by atoms with Gasteiger partial charge >= 0.3 is 0 Å². The lowest BCUT2D eigenvalue weighted by atomic mass is 10.0. The fraction of sp³-hybridized carbons (Fsp3) is 0.579. The van der Waals surface area contributed by atoms with E-state index >= 15 is 0 Å². The van der Waals surface area contributed by atoms with Crippen LogP contribution in [0.25, 0.3) is 10.9 Å². The predicted molar refractivity (Wildman–Crippen MR) is 99.0 cm³/mol. The van der Waals surface area contributed by atoms with E-state index in [2.05, 4.69) is 23.8 Å². The minimum absolute atomic E-state index is 0.690. The van der Waals surface area contributed by atoms with Crippen molar-refractivity contribution in [1.29, 1.82) is 0 Å². The Bertz CT molecular complexity index is 703. The highest BCUT2D eigenvalue weighted by Crippen LogP contribution is 2.23. The van der Waals surface area contributed by atoms with Crippen molar-refractivity contribution in [1.82, 2.24) is 14.9 Å². The Hall–Kier alpha value is -1.88. The number of fused-ring (bicyclic) bond motifs is 1. The molecule has 5 nitrogen and oxygen atoms in total. The fourth-order valence-electron chi connectivity index (χ4n) is 3.42. The van der Waals surface area contributed by atoms with Gasteiger partial charge in [0.15, 0.2) is 0 Å². The van der Waals surface area contributed by atoms with Gasteiger partial charge in [-0.2, -0.15) is 0 Å². The van der Waals surface area contributed by atoms with Gasteiger partial charge in [-0.15, -0.1) is 0 Å². The van der Waals surface area contributed by atoms with Crippen LogP contribution in [-0.4, -0.2) is 54.7 Å². The molecule has 3 rings (SSSR count). The summed E-state index contributed by atoms with van der Waals surface area (Å²) in [6.45, 7) is 7.60. The van der Waals surface area contributed by atoms with Gasteiger partial charge < -0.3 is 9.64 Å². The van der Waals surface area contributed by atoms with E-state index < -0.39 is 0 Å². The molecule has 1 saturated heterocycles. The maximum Gasteiger partial charge on any atom is 0.225 e. The zero-order chi connectivity index (χ0) is 17.1. The molecule has 1 aliphatic heterocycles. The van der Waals surface area contributed by atoms with E-state index in [4.69, 9.17) is 14.7 Å². The molecule has 0 saturated carbocycles. The average molecular weight is 328 g/mol. The van der Waals surface area contributed by atoms with Gasteiger partial charge in [-0.3, -0.25) is 4.90 Å². The molecular weight excluding hydrogens is 300 g/mol. The number of anilines is 1. The van der Waals surface area contributed by atoms with Crippen molar-refractivity contribution in [2.45, 2.75) is 39.2 Å². The third-order valence-corrected chi connectivity index (χ3v) is 5.09. The second kappa shape index (κ2) is 7.34. The number of likely N-dealkylation sites (N-methyl/N-ethyl adjacent to an activating group) is 1. The fourth-order valence-corrected chi connectivity index (χ4v) is 3.42. The van der Waals surface area contributed by atoms with Gasteiger partial charge in [0.1, 0.15) is 5.75 Å². The van der Waals surface area contributed by atoms with Crippen LogP contribution in [0.4, 0.5) is 5.95 Å². The van der Waals surface area contributed by atoms with Gasteiger partial charge in [0.05, 0.1) is 18.3 Å². The van der Waals surface area contributed by atoms with E-state index in [9.17, 15) is 0 Å². The number of piperidine rings is 1. The van der Waals surface area contributed by atoms with Crippen LogP contribution in [0.1, 0.15) is 31.9 Å². The highest BCUT2D eigenvalue weighted by molar-refractivity contribution is 5.83. The number of aromatic nitrogens is 2. The van der Waals surface area contributed by atoms with Gasteiger partial charge in [-0.1, -0.05) is 6.42 Å². The molecule has 0 bridgehead atoms. The second-order valence-electron chi connectivity index (χ2n) is 6.79. The molecule has 0 amide bonds. The van der Waals surface area contributed by atoms with Gasteiger partial charge in [-0.05, 0) is 45.4 Å². The van der Waals surface area contributed by atoms with Crippen molar-refractivity contribution in [2.75, 3.05) is 38.7 Å². The van der Waals surface area contributed by atoms with Gasteiger partial charge in [0.25, 0.3) is 0 Å². The van der Waals surface area contributed by atoms with Crippen LogP contribution in [0, 0.1) is 6.92 Å². The Morgan fingerprint density at radius 2 is 2.12 bits per heavy atom. The molecule has 0 spiro atoms. The van der Waals surface area contributed by atoms with Gasteiger partial charge in [0.2, 0.25) is 5.95 Å². The summed E-state index contributed by atoms with van der Waals surface area (Å²) in [5, 5.41) is 1.08. The molecule has 1 fully saturated rings. The number of likely N-dealkylation sites (tertiary alicyclic amines) is 1. The first-order valence-corrected chi connectivity index (χ1v) is 8.86. The molecule has 130 valence electrons. The Kier molecular flexibility index (Phi) is 5.19. The number of benzene rings is 1. The molecule has 5 heteroatoms. The van der Waals surface area contributed by atoms with Crippen LogP contribution < -0.4 is 9.64 Å². The number of methoxy groups -OCH3 is 1. The smallest absolute Gasteiger partial charge is 0.225 e. The molecule has 0 radical (unpaired) electrons. The quantitative estimate of drug-likeness (QED) is 0.843. The van der Waals surface area contributed by atoms with Crippen LogP contribution in [0.3, 0.4) is 0 Å². The first-order chi connectivity index (χ1) is 11.6. The summed E-state index contributed by atoms with van der Waals surface area (Å²) in [5.74, 6) is 1.62. The van der Waals surface area contributed by atoms with Crippen molar-refractivity contribution in [2.24, 2.45) is 0 Å². The van der Waals surface area contributed by atoms with Gasteiger partial charge in [0, 0.05) is 37.6 Å². The van der Waals surface area contributed by atoms with Crippen LogP contribution in [0.2, 0.25) is 0 Å². The summed E-state index contributed by atoms with van der Waals surface area (Å²) in [7, 11) is 3.76. The Balaban J connectivity index is 1.75. The Labute approximate surface area is 144 Å². The Morgan fingerprint density at radius 3 is 2.88 bits per heavy atom. The SMILES string of the molecule is COc1ccc2c(C)nc(N(C)CCN3CCCC[C@H]3C)nc2c1. The number of aryl methyl sites for hydroxylation is 1. The van der Waals surface area contributed by atoms with E-state index in [0.717, 1.165) is 41.4 Å². The lowest BCUT2D eigenvalue weighted by molar-refractivity contribution is 0.165. The second-order valence-corrected chi connectivity index (χ2v) is 6.79. The van der Waals surface area contributed by atoms with E-state index in [1.807, 2.05) is 25.1 Å². The maximum absolute atomic E-state index is 5.32. The third kappa shape index (κ3) is 3.61. The summed E-state index contributed by atoms with van der Waals surface area (Å²) in [6.07, 6.45) is 4.00. The summed E-state index contributed by atoms with van der Waals surface area (Å²) in [6, 6.07) is 6.66. The molecule has 1 aromatic heterocycles. The number of rotatable bonds is 5. The molecule has 2 aromatic rings. The first kappa shape index (κ1) is 17.0. The van der Waals surface area contributed by atoms with Crippen LogP contribution >= 0.6 is 0 Å². The van der Waals surface area contributed by atoms with Crippen molar-refractivity contribution in [3.05, 3.63) is 23.9 Å². The van der Waals surface area contributed by atoms with Crippen molar-refractivity contribution >= 4 is 16.9 Å². The largest absolute Gasteiger partial charge is 0.497 e. The number of nitrogens with zero attached hydrogens (tertiary/aromatic N) is 4. The summed E-state index contributed by atoms with van der Waals surface area (Å²) in [5.41, 5.74) is 1.95. The Morgan fingerprint density at radius 1 is 1.29 bits per heavy atom. The molecule has 1 aromatic carbocycles. The molecule has 1 aliphatic rings. The molecule has 0 unspecified atom stereocenters. The summed E-state index contributed by atoms with van der Waals surface area (Å²) in [4.78, 5) is 14.2. The minimum atomic E-state index is 0.690. The van der Waals surface area contributed by atoms with E-state index in [0.29, 0.717) is 6.04 Å². The zero-order valence-corrected chi connectivity index (χ0v) is 15.2. The van der Waals surface area contributed by atoms with Crippen molar-refractivity contribution in [3.8, 4) is 5.75 Å². The lowest BCUT2D eigenvalue weighted by Crippen LogP contribution is -2.42.